The first-order valence-electron chi connectivity index (χ1n) is 5.75. The van der Waals surface area contributed by atoms with Gasteiger partial charge in [-0.2, -0.15) is 24.9 Å². The van der Waals surface area contributed by atoms with E-state index in [4.69, 9.17) is 0 Å². The van der Waals surface area contributed by atoms with Crippen molar-refractivity contribution >= 4 is 22.8 Å². The number of aryl methyl sites for hydroxylation is 1. The molecular weight excluding hydrogens is 273 g/mol. The van der Waals surface area contributed by atoms with Gasteiger partial charge in [-0.1, -0.05) is 0 Å². The Kier molecular flexibility index (Phi) is 3.33. The van der Waals surface area contributed by atoms with E-state index in [-0.39, 0.29) is 4.75 Å². The van der Waals surface area contributed by atoms with E-state index >= 15 is 0 Å². The predicted molar refractivity (Wildman–Crippen MR) is 72.3 cm³/mol. The highest BCUT2D eigenvalue weighted by Crippen LogP contribution is 2.39. The van der Waals surface area contributed by atoms with Crippen LogP contribution < -0.4 is 0 Å². The van der Waals surface area contributed by atoms with Crippen molar-refractivity contribution in [3.63, 3.8) is 0 Å². The molecule has 2 heterocycles. The minimum absolute atomic E-state index is 0.166. The number of thioether (sulfide) groups is 1. The van der Waals surface area contributed by atoms with Gasteiger partial charge in [0.25, 0.3) is 0 Å². The summed E-state index contributed by atoms with van der Waals surface area (Å²) in [4.78, 5) is 3.74. The summed E-state index contributed by atoms with van der Waals surface area (Å²) in [5.74, 6) is 0. The van der Waals surface area contributed by atoms with Gasteiger partial charge in [-0.25, -0.2) is 4.98 Å². The molecule has 0 saturated heterocycles. The molecule has 0 aliphatic heterocycles. The van der Waals surface area contributed by atoms with Crippen LogP contribution in [0.1, 0.15) is 25.1 Å². The molecule has 0 bridgehead atoms. The van der Waals surface area contributed by atoms with Crippen molar-refractivity contribution in [1.82, 2.24) is 9.55 Å². The fourth-order valence-electron chi connectivity index (χ4n) is 2.00. The Morgan fingerprint density at radius 2 is 1.84 bits per heavy atom. The smallest absolute Gasteiger partial charge is 0.335 e. The molecule has 0 fully saturated rings. The van der Waals surface area contributed by atoms with Crippen molar-refractivity contribution < 1.29 is 13.2 Å². The largest absolute Gasteiger partial charge is 0.433 e. The van der Waals surface area contributed by atoms with Crippen LogP contribution >= 0.6 is 11.8 Å². The number of alkyl halides is 3. The lowest BCUT2D eigenvalue weighted by Gasteiger charge is -2.21. The molecule has 0 N–H and O–H groups in total. The molecular formula is C13H15F3N2S. The molecule has 0 amide bonds. The Labute approximate surface area is 114 Å². The van der Waals surface area contributed by atoms with Gasteiger partial charge in [-0.15, -0.1) is 0 Å². The van der Waals surface area contributed by atoms with E-state index in [1.165, 1.54) is 6.07 Å². The third-order valence-electron chi connectivity index (χ3n) is 3.27. The number of hydrogen-bond donors (Lipinski definition) is 0. The molecule has 0 aromatic carbocycles. The maximum atomic E-state index is 12.7. The minimum atomic E-state index is -4.41. The van der Waals surface area contributed by atoms with Crippen molar-refractivity contribution in [2.45, 2.75) is 24.8 Å². The lowest BCUT2D eigenvalue weighted by molar-refractivity contribution is -0.141. The van der Waals surface area contributed by atoms with Crippen LogP contribution in [-0.2, 0) is 18.0 Å². The maximum absolute atomic E-state index is 12.7. The second-order valence-electron chi connectivity index (χ2n) is 4.93. The number of nitrogens with zero attached hydrogens (tertiary/aromatic N) is 2. The average molecular weight is 288 g/mol. The molecule has 2 nitrogen and oxygen atoms in total. The third-order valence-corrected chi connectivity index (χ3v) is 4.51. The summed E-state index contributed by atoms with van der Waals surface area (Å²) >= 11 is 1.65. The quantitative estimate of drug-likeness (QED) is 0.824. The molecule has 2 rings (SSSR count). The number of halogens is 3. The maximum Gasteiger partial charge on any atom is 0.433 e. The zero-order valence-corrected chi connectivity index (χ0v) is 12.0. The van der Waals surface area contributed by atoms with E-state index in [9.17, 15) is 13.2 Å². The lowest BCUT2D eigenvalue weighted by Crippen LogP contribution is -2.11. The van der Waals surface area contributed by atoms with E-state index in [2.05, 4.69) is 4.98 Å². The molecule has 0 spiro atoms. The van der Waals surface area contributed by atoms with Gasteiger partial charge >= 0.3 is 6.18 Å². The summed E-state index contributed by atoms with van der Waals surface area (Å²) in [7, 11) is 1.72. The highest BCUT2D eigenvalue weighted by atomic mass is 32.2. The van der Waals surface area contributed by atoms with Crippen LogP contribution in [0.25, 0.3) is 11.0 Å². The van der Waals surface area contributed by atoms with Crippen molar-refractivity contribution in [3.05, 3.63) is 29.6 Å². The van der Waals surface area contributed by atoms with Gasteiger partial charge < -0.3 is 4.57 Å². The molecule has 0 atom stereocenters. The standard InChI is InChI=1S/C13H15F3N2S/c1-12(2,19-4)9-7-18(3)11-8(9)5-6-10(17-11)13(14,15)16/h5-7H,1-4H3. The minimum Gasteiger partial charge on any atom is -0.335 e. The molecule has 0 aliphatic carbocycles. The van der Waals surface area contributed by atoms with Crippen molar-refractivity contribution in [1.29, 1.82) is 0 Å². The van der Waals surface area contributed by atoms with Crippen LogP contribution in [0.2, 0.25) is 0 Å². The predicted octanol–water partition coefficient (Wildman–Crippen LogP) is 4.19. The van der Waals surface area contributed by atoms with Gasteiger partial charge in [-0.3, -0.25) is 0 Å². The summed E-state index contributed by atoms with van der Waals surface area (Å²) in [5.41, 5.74) is 0.514. The molecule has 2 aromatic rings. The van der Waals surface area contributed by atoms with Gasteiger partial charge in [0.2, 0.25) is 0 Å². The van der Waals surface area contributed by atoms with Crippen LogP contribution in [0.4, 0.5) is 13.2 Å². The zero-order valence-electron chi connectivity index (χ0n) is 11.2. The Morgan fingerprint density at radius 1 is 1.21 bits per heavy atom. The lowest BCUT2D eigenvalue weighted by atomic mass is 10.0. The van der Waals surface area contributed by atoms with E-state index in [1.807, 2.05) is 26.3 Å². The van der Waals surface area contributed by atoms with Crippen LogP contribution in [0.15, 0.2) is 18.3 Å². The molecule has 2 aromatic heterocycles. The van der Waals surface area contributed by atoms with Crippen molar-refractivity contribution in [2.24, 2.45) is 7.05 Å². The summed E-state index contributed by atoms with van der Waals surface area (Å²) in [6.07, 6.45) is -0.571. The fourth-order valence-corrected chi connectivity index (χ4v) is 2.38. The first-order valence-corrected chi connectivity index (χ1v) is 6.98. The summed E-state index contributed by atoms with van der Waals surface area (Å²) < 4.78 is 39.5. The molecule has 6 heteroatoms. The summed E-state index contributed by atoms with van der Waals surface area (Å²) in [5, 5.41) is 0.773. The van der Waals surface area contributed by atoms with Gasteiger partial charge in [0.05, 0.1) is 0 Å². The molecule has 0 unspecified atom stereocenters. The number of rotatable bonds is 2. The summed E-state index contributed by atoms with van der Waals surface area (Å²) in [6.45, 7) is 4.09. The van der Waals surface area contributed by atoms with E-state index in [0.717, 1.165) is 17.0 Å². The van der Waals surface area contributed by atoms with Gasteiger partial charge in [-0.05, 0) is 37.8 Å². The third kappa shape index (κ3) is 2.45. The monoisotopic (exact) mass is 288 g/mol. The van der Waals surface area contributed by atoms with E-state index in [0.29, 0.717) is 5.65 Å². The van der Waals surface area contributed by atoms with Crippen LogP contribution in [0.3, 0.4) is 0 Å². The van der Waals surface area contributed by atoms with E-state index < -0.39 is 11.9 Å². The number of pyridine rings is 1. The topological polar surface area (TPSA) is 17.8 Å². The molecule has 19 heavy (non-hydrogen) atoms. The number of hydrogen-bond acceptors (Lipinski definition) is 2. The fraction of sp³-hybridized carbons (Fsp3) is 0.462. The Morgan fingerprint density at radius 3 is 2.37 bits per heavy atom. The summed E-state index contributed by atoms with van der Waals surface area (Å²) in [6, 6.07) is 2.56. The van der Waals surface area contributed by atoms with Gasteiger partial charge in [0.1, 0.15) is 11.3 Å². The highest BCUT2D eigenvalue weighted by Gasteiger charge is 2.33. The van der Waals surface area contributed by atoms with Crippen molar-refractivity contribution in [3.8, 4) is 0 Å². The normalized spacial score (nSPS) is 13.2. The van der Waals surface area contributed by atoms with Crippen LogP contribution in [0.5, 0.6) is 0 Å². The molecule has 0 aliphatic rings. The first-order chi connectivity index (χ1) is 8.66. The molecule has 104 valence electrons. The van der Waals surface area contributed by atoms with Gasteiger partial charge in [0.15, 0.2) is 0 Å². The average Bonchev–Trinajstić information content (AvgIpc) is 2.66. The second kappa shape index (κ2) is 4.44. The zero-order chi connectivity index (χ0) is 14.4. The molecule has 0 saturated carbocycles. The molecule has 0 radical (unpaired) electrons. The van der Waals surface area contributed by atoms with Crippen molar-refractivity contribution in [2.75, 3.05) is 6.26 Å². The number of aromatic nitrogens is 2. The second-order valence-corrected chi connectivity index (χ2v) is 6.36. The Balaban J connectivity index is 2.68. The Hall–Kier alpha value is -1.17. The van der Waals surface area contributed by atoms with E-state index in [1.54, 1.807) is 23.4 Å². The van der Waals surface area contributed by atoms with Gasteiger partial charge in [0, 0.05) is 23.4 Å². The first kappa shape index (κ1) is 14.2. The Bertz CT molecular complexity index is 614. The number of fused-ring (bicyclic) bond motifs is 1. The SMILES string of the molecule is CSC(C)(C)c1cn(C)c2nc(C(F)(F)F)ccc12. The van der Waals surface area contributed by atoms with Crippen LogP contribution in [0, 0.1) is 0 Å². The van der Waals surface area contributed by atoms with Crippen LogP contribution in [-0.4, -0.2) is 15.8 Å². The highest BCUT2D eigenvalue weighted by molar-refractivity contribution is 7.99.